The zero-order valence-electron chi connectivity index (χ0n) is 17.8. The highest BCUT2D eigenvalue weighted by Gasteiger charge is 2.43. The standard InChI is InChI=1S/C24H26N2O5S/c27-21-17-24(31-22-6-2-1-5-20(21)22)11-15-25(16-12-24)23(28)18-7-9-19(10-8-18)32(29,30)26-13-3-4-14-26/h1-2,5-10H,3-4,11-17H2. The highest BCUT2D eigenvalue weighted by atomic mass is 32.2. The normalized spacial score (nSPS) is 20.8. The summed E-state index contributed by atoms with van der Waals surface area (Å²) in [4.78, 5) is 27.6. The number of hydrogen-bond acceptors (Lipinski definition) is 5. The Morgan fingerprint density at radius 3 is 2.25 bits per heavy atom. The highest BCUT2D eigenvalue weighted by molar-refractivity contribution is 7.89. The van der Waals surface area contributed by atoms with Crippen molar-refractivity contribution in [3.05, 3.63) is 59.7 Å². The van der Waals surface area contributed by atoms with Crippen molar-refractivity contribution in [2.75, 3.05) is 26.2 Å². The van der Waals surface area contributed by atoms with Crippen LogP contribution in [-0.4, -0.2) is 61.1 Å². The van der Waals surface area contributed by atoms with Crippen LogP contribution < -0.4 is 4.74 Å². The molecule has 0 atom stereocenters. The van der Waals surface area contributed by atoms with Gasteiger partial charge in [-0.25, -0.2) is 8.42 Å². The predicted octanol–water partition coefficient (Wildman–Crippen LogP) is 3.11. The van der Waals surface area contributed by atoms with Crippen LogP contribution in [0.4, 0.5) is 0 Å². The van der Waals surface area contributed by atoms with Crippen LogP contribution in [0.1, 0.15) is 52.8 Å². The lowest BCUT2D eigenvalue weighted by molar-refractivity contribution is -0.00571. The molecular formula is C24H26N2O5S. The number of sulfonamides is 1. The number of likely N-dealkylation sites (tertiary alicyclic amines) is 1. The van der Waals surface area contributed by atoms with Crippen molar-refractivity contribution >= 4 is 21.7 Å². The number of piperidine rings is 1. The predicted molar refractivity (Wildman–Crippen MR) is 118 cm³/mol. The third kappa shape index (κ3) is 3.71. The summed E-state index contributed by atoms with van der Waals surface area (Å²) < 4.78 is 33.1. The molecular weight excluding hydrogens is 428 g/mol. The number of Topliss-reactive ketones (excluding diaryl/α,β-unsaturated/α-hetero) is 1. The Bertz CT molecular complexity index is 1150. The third-order valence-corrected chi connectivity index (χ3v) is 8.68. The maximum Gasteiger partial charge on any atom is 0.253 e. The molecule has 2 aromatic carbocycles. The maximum atomic E-state index is 13.0. The highest BCUT2D eigenvalue weighted by Crippen LogP contribution is 2.39. The summed E-state index contributed by atoms with van der Waals surface area (Å²) in [5.74, 6) is 0.576. The van der Waals surface area contributed by atoms with Gasteiger partial charge < -0.3 is 9.64 Å². The van der Waals surface area contributed by atoms with Crippen LogP contribution >= 0.6 is 0 Å². The topological polar surface area (TPSA) is 84.0 Å². The summed E-state index contributed by atoms with van der Waals surface area (Å²) in [6.07, 6.45) is 3.26. The van der Waals surface area contributed by atoms with E-state index in [-0.39, 0.29) is 16.6 Å². The lowest BCUT2D eigenvalue weighted by Crippen LogP contribution is -2.52. The number of nitrogens with zero attached hydrogens (tertiary/aromatic N) is 2. The van der Waals surface area contributed by atoms with Crippen LogP contribution in [0.3, 0.4) is 0 Å². The molecule has 168 valence electrons. The molecule has 1 amide bonds. The number of carbonyl (C=O) groups excluding carboxylic acids is 2. The van der Waals surface area contributed by atoms with Gasteiger partial charge in [-0.1, -0.05) is 12.1 Å². The Morgan fingerprint density at radius 1 is 0.906 bits per heavy atom. The first kappa shape index (κ1) is 21.2. The molecule has 0 bridgehead atoms. The molecule has 3 heterocycles. The quantitative estimate of drug-likeness (QED) is 0.712. The summed E-state index contributed by atoms with van der Waals surface area (Å²) >= 11 is 0. The summed E-state index contributed by atoms with van der Waals surface area (Å²) in [6, 6.07) is 13.5. The molecule has 1 spiro atoms. The zero-order chi connectivity index (χ0) is 22.3. The Hall–Kier alpha value is -2.71. The molecule has 0 saturated carbocycles. The molecule has 32 heavy (non-hydrogen) atoms. The fourth-order valence-electron chi connectivity index (χ4n) is 4.87. The molecule has 0 aliphatic carbocycles. The Labute approximate surface area is 188 Å². The maximum absolute atomic E-state index is 13.0. The Balaban J connectivity index is 1.26. The van der Waals surface area contributed by atoms with Gasteiger partial charge in [0, 0.05) is 44.6 Å². The smallest absolute Gasteiger partial charge is 0.253 e. The first-order valence-electron chi connectivity index (χ1n) is 11.1. The summed E-state index contributed by atoms with van der Waals surface area (Å²) in [5, 5.41) is 0. The monoisotopic (exact) mass is 454 g/mol. The van der Waals surface area contributed by atoms with E-state index in [9.17, 15) is 18.0 Å². The molecule has 0 N–H and O–H groups in total. The zero-order valence-corrected chi connectivity index (χ0v) is 18.6. The average Bonchev–Trinajstić information content (AvgIpc) is 3.35. The summed E-state index contributed by atoms with van der Waals surface area (Å²) in [7, 11) is -3.49. The molecule has 2 saturated heterocycles. The minimum atomic E-state index is -3.49. The van der Waals surface area contributed by atoms with E-state index in [1.165, 1.54) is 16.4 Å². The van der Waals surface area contributed by atoms with E-state index >= 15 is 0 Å². The van der Waals surface area contributed by atoms with Crippen molar-refractivity contribution in [2.24, 2.45) is 0 Å². The second kappa shape index (κ2) is 8.01. The van der Waals surface area contributed by atoms with Crippen LogP contribution in [0.15, 0.2) is 53.4 Å². The molecule has 0 unspecified atom stereocenters. The van der Waals surface area contributed by atoms with Gasteiger partial charge in [0.2, 0.25) is 10.0 Å². The number of fused-ring (bicyclic) bond motifs is 1. The van der Waals surface area contributed by atoms with Gasteiger partial charge in [-0.2, -0.15) is 4.31 Å². The van der Waals surface area contributed by atoms with E-state index < -0.39 is 15.6 Å². The molecule has 8 heteroatoms. The van der Waals surface area contributed by atoms with Gasteiger partial charge in [0.25, 0.3) is 5.91 Å². The molecule has 3 aliphatic rings. The molecule has 5 rings (SSSR count). The molecule has 0 radical (unpaired) electrons. The third-order valence-electron chi connectivity index (χ3n) is 6.76. The minimum Gasteiger partial charge on any atom is -0.486 e. The molecule has 7 nitrogen and oxygen atoms in total. The van der Waals surface area contributed by atoms with Gasteiger partial charge in [-0.05, 0) is 49.2 Å². The summed E-state index contributed by atoms with van der Waals surface area (Å²) in [5.41, 5.74) is 0.531. The number of benzene rings is 2. The van der Waals surface area contributed by atoms with Crippen molar-refractivity contribution in [1.29, 1.82) is 0 Å². The van der Waals surface area contributed by atoms with Crippen molar-refractivity contribution < 1.29 is 22.7 Å². The number of ketones is 1. The largest absolute Gasteiger partial charge is 0.486 e. The van der Waals surface area contributed by atoms with Crippen molar-refractivity contribution in [2.45, 2.75) is 42.6 Å². The lowest BCUT2D eigenvalue weighted by Gasteiger charge is -2.44. The van der Waals surface area contributed by atoms with Crippen LogP contribution in [-0.2, 0) is 10.0 Å². The first-order valence-corrected chi connectivity index (χ1v) is 12.5. The van der Waals surface area contributed by atoms with Crippen LogP contribution in [0, 0.1) is 0 Å². The van der Waals surface area contributed by atoms with Gasteiger partial charge in [0.05, 0.1) is 16.9 Å². The Morgan fingerprint density at radius 2 is 1.56 bits per heavy atom. The summed E-state index contributed by atoms with van der Waals surface area (Å²) in [6.45, 7) is 2.07. The lowest BCUT2D eigenvalue weighted by atomic mass is 9.82. The van der Waals surface area contributed by atoms with E-state index in [2.05, 4.69) is 0 Å². The molecule has 2 fully saturated rings. The van der Waals surface area contributed by atoms with Crippen molar-refractivity contribution in [3.8, 4) is 5.75 Å². The van der Waals surface area contributed by atoms with Gasteiger partial charge in [-0.15, -0.1) is 0 Å². The average molecular weight is 455 g/mol. The van der Waals surface area contributed by atoms with E-state index in [1.807, 2.05) is 18.2 Å². The van der Waals surface area contributed by atoms with Gasteiger partial charge in [0.15, 0.2) is 5.78 Å². The number of carbonyl (C=O) groups is 2. The fourth-order valence-corrected chi connectivity index (χ4v) is 6.39. The van der Waals surface area contributed by atoms with Crippen molar-refractivity contribution in [3.63, 3.8) is 0 Å². The molecule has 2 aromatic rings. The Kier molecular flexibility index (Phi) is 5.29. The number of para-hydroxylation sites is 1. The number of hydrogen-bond donors (Lipinski definition) is 0. The van der Waals surface area contributed by atoms with Crippen molar-refractivity contribution in [1.82, 2.24) is 9.21 Å². The number of rotatable bonds is 3. The second-order valence-corrected chi connectivity index (χ2v) is 10.7. The minimum absolute atomic E-state index is 0.0847. The number of ether oxygens (including phenoxy) is 1. The molecule has 0 aromatic heterocycles. The van der Waals surface area contributed by atoms with E-state index in [0.29, 0.717) is 62.3 Å². The first-order chi connectivity index (χ1) is 15.4. The number of amides is 1. The fraction of sp³-hybridized carbons (Fsp3) is 0.417. The van der Waals surface area contributed by atoms with E-state index in [1.54, 1.807) is 23.1 Å². The van der Waals surface area contributed by atoms with Crippen LogP contribution in [0.2, 0.25) is 0 Å². The van der Waals surface area contributed by atoms with E-state index in [4.69, 9.17) is 4.74 Å². The van der Waals surface area contributed by atoms with Gasteiger partial charge in [-0.3, -0.25) is 9.59 Å². The second-order valence-electron chi connectivity index (χ2n) is 8.81. The van der Waals surface area contributed by atoms with Crippen LogP contribution in [0.5, 0.6) is 5.75 Å². The van der Waals surface area contributed by atoms with Crippen LogP contribution in [0.25, 0.3) is 0 Å². The van der Waals surface area contributed by atoms with E-state index in [0.717, 1.165) is 12.8 Å². The van der Waals surface area contributed by atoms with Gasteiger partial charge >= 0.3 is 0 Å². The SMILES string of the molecule is O=C1CC2(CCN(C(=O)c3ccc(S(=O)(=O)N4CCCC4)cc3)CC2)Oc2ccccc21. The molecule has 3 aliphatic heterocycles. The van der Waals surface area contributed by atoms with Gasteiger partial charge in [0.1, 0.15) is 11.4 Å².